The molecule has 2 aromatic heterocycles. The summed E-state index contributed by atoms with van der Waals surface area (Å²) in [5, 5.41) is 4.11. The fourth-order valence-electron chi connectivity index (χ4n) is 3.98. The number of hydrogen-bond donors (Lipinski definition) is 1. The minimum atomic E-state index is -4.44. The number of aromatic nitrogens is 2. The maximum absolute atomic E-state index is 12.8. The lowest BCUT2D eigenvalue weighted by Crippen LogP contribution is -2.62. The first-order valence-corrected chi connectivity index (χ1v) is 10.0. The van der Waals surface area contributed by atoms with E-state index in [-0.39, 0.29) is 11.8 Å². The van der Waals surface area contributed by atoms with Gasteiger partial charge in [-0.05, 0) is 49.2 Å². The fourth-order valence-corrected chi connectivity index (χ4v) is 3.98. The molecule has 4 heterocycles. The van der Waals surface area contributed by atoms with Crippen LogP contribution in [0.3, 0.4) is 0 Å². The van der Waals surface area contributed by atoms with E-state index >= 15 is 0 Å². The number of likely N-dealkylation sites (tertiary alicyclic amines) is 1. The molecule has 1 amide bonds. The molecule has 2 unspecified atom stereocenters. The summed E-state index contributed by atoms with van der Waals surface area (Å²) in [7, 11) is 0. The molecule has 2 saturated heterocycles. The Hall–Kier alpha value is -3.20. The Balaban J connectivity index is 1.31. The van der Waals surface area contributed by atoms with Gasteiger partial charge in [0.25, 0.3) is 5.91 Å². The van der Waals surface area contributed by atoms with Crippen LogP contribution in [0.15, 0.2) is 48.7 Å². The van der Waals surface area contributed by atoms with Gasteiger partial charge >= 0.3 is 6.18 Å². The summed E-state index contributed by atoms with van der Waals surface area (Å²) in [6.07, 6.45) is -2.70. The van der Waals surface area contributed by atoms with Gasteiger partial charge in [0.2, 0.25) is 5.88 Å². The zero-order valence-corrected chi connectivity index (χ0v) is 16.4. The summed E-state index contributed by atoms with van der Waals surface area (Å²) >= 11 is 0. The lowest BCUT2D eigenvalue weighted by Gasteiger charge is -2.46. The molecule has 0 saturated carbocycles. The molecule has 6 nitrogen and oxygen atoms in total. The van der Waals surface area contributed by atoms with Crippen molar-refractivity contribution in [2.75, 3.05) is 19.6 Å². The molecule has 0 aliphatic carbocycles. The predicted octanol–water partition coefficient (Wildman–Crippen LogP) is 3.87. The monoisotopic (exact) mass is 428 g/mol. The Morgan fingerprint density at radius 3 is 2.71 bits per heavy atom. The van der Waals surface area contributed by atoms with Gasteiger partial charge in [0, 0.05) is 36.8 Å². The highest BCUT2D eigenvalue weighted by molar-refractivity contribution is 5.95. The van der Waals surface area contributed by atoms with Crippen LogP contribution >= 0.6 is 0 Å². The number of nitrogens with zero attached hydrogens (tertiary/aromatic N) is 3. The Morgan fingerprint density at radius 1 is 1.16 bits per heavy atom. The molecule has 2 atom stereocenters. The molecule has 0 bridgehead atoms. The number of alkyl halides is 3. The van der Waals surface area contributed by atoms with Crippen LogP contribution in [0.4, 0.5) is 13.2 Å². The van der Waals surface area contributed by atoms with Gasteiger partial charge in [-0.3, -0.25) is 4.79 Å². The maximum atomic E-state index is 12.8. The van der Waals surface area contributed by atoms with E-state index in [1.54, 1.807) is 30.3 Å². The summed E-state index contributed by atoms with van der Waals surface area (Å²) in [5.74, 6) is 1.06. The van der Waals surface area contributed by atoms with Crippen molar-refractivity contribution >= 4 is 16.8 Å². The Kier molecular flexibility index (Phi) is 4.77. The number of halogens is 3. The third-order valence-electron chi connectivity index (χ3n) is 5.85. The van der Waals surface area contributed by atoms with Gasteiger partial charge in [0.05, 0.1) is 11.1 Å². The molecule has 1 aromatic carbocycles. The van der Waals surface area contributed by atoms with Crippen molar-refractivity contribution in [1.82, 2.24) is 20.2 Å². The largest absolute Gasteiger partial charge is 0.439 e. The third-order valence-corrected chi connectivity index (χ3v) is 5.85. The molecule has 3 aromatic rings. The van der Waals surface area contributed by atoms with E-state index < -0.39 is 11.7 Å². The SMILES string of the molecule is O=C(c1ccc2cc(Oc3ccc(C(F)(F)F)cn3)ccc2n1)N1CCC2CNC2C1. The van der Waals surface area contributed by atoms with E-state index in [4.69, 9.17) is 4.74 Å². The number of carbonyl (C=O) groups excluding carboxylic acids is 1. The summed E-state index contributed by atoms with van der Waals surface area (Å²) in [6, 6.07) is 11.0. The van der Waals surface area contributed by atoms with Gasteiger partial charge in [0.1, 0.15) is 11.4 Å². The van der Waals surface area contributed by atoms with Crippen molar-refractivity contribution in [3.63, 3.8) is 0 Å². The molecule has 2 aliphatic heterocycles. The van der Waals surface area contributed by atoms with Crippen molar-refractivity contribution in [3.05, 3.63) is 59.9 Å². The van der Waals surface area contributed by atoms with Crippen LogP contribution in [0, 0.1) is 5.92 Å². The first-order valence-electron chi connectivity index (χ1n) is 10.0. The van der Waals surface area contributed by atoms with Crippen LogP contribution < -0.4 is 10.1 Å². The number of fused-ring (bicyclic) bond motifs is 2. The molecular formula is C22H19F3N4O2. The average Bonchev–Trinajstić information content (AvgIpc) is 2.73. The van der Waals surface area contributed by atoms with Gasteiger partial charge in [-0.15, -0.1) is 0 Å². The Morgan fingerprint density at radius 2 is 2.03 bits per heavy atom. The van der Waals surface area contributed by atoms with Crippen LogP contribution in [-0.4, -0.2) is 46.5 Å². The van der Waals surface area contributed by atoms with E-state index in [1.807, 2.05) is 4.90 Å². The molecule has 0 spiro atoms. The van der Waals surface area contributed by atoms with Gasteiger partial charge in [0.15, 0.2) is 0 Å². The molecule has 31 heavy (non-hydrogen) atoms. The zero-order valence-electron chi connectivity index (χ0n) is 16.4. The van der Waals surface area contributed by atoms with E-state index in [1.165, 1.54) is 6.07 Å². The maximum Gasteiger partial charge on any atom is 0.417 e. The summed E-state index contributed by atoms with van der Waals surface area (Å²) < 4.78 is 43.5. The minimum absolute atomic E-state index is 0.0557. The van der Waals surface area contributed by atoms with E-state index in [0.717, 1.165) is 37.2 Å². The number of hydrogen-bond acceptors (Lipinski definition) is 5. The minimum Gasteiger partial charge on any atom is -0.439 e. The summed E-state index contributed by atoms with van der Waals surface area (Å²) in [6.45, 7) is 2.48. The molecule has 160 valence electrons. The van der Waals surface area contributed by atoms with E-state index in [2.05, 4.69) is 15.3 Å². The van der Waals surface area contributed by atoms with Crippen LogP contribution in [0.1, 0.15) is 22.5 Å². The van der Waals surface area contributed by atoms with Gasteiger partial charge in [-0.2, -0.15) is 13.2 Å². The molecule has 5 rings (SSSR count). The second-order valence-electron chi connectivity index (χ2n) is 7.85. The van der Waals surface area contributed by atoms with Crippen molar-refractivity contribution in [1.29, 1.82) is 0 Å². The summed E-state index contributed by atoms with van der Waals surface area (Å²) in [5.41, 5.74) is 0.190. The van der Waals surface area contributed by atoms with Crippen molar-refractivity contribution in [2.45, 2.75) is 18.6 Å². The Bertz CT molecular complexity index is 1130. The van der Waals surface area contributed by atoms with Crippen LogP contribution in [0.2, 0.25) is 0 Å². The van der Waals surface area contributed by atoms with Gasteiger partial charge < -0.3 is 15.0 Å². The molecule has 2 aliphatic rings. The first-order chi connectivity index (χ1) is 14.9. The number of piperidine rings is 1. The topological polar surface area (TPSA) is 67.3 Å². The summed E-state index contributed by atoms with van der Waals surface area (Å²) in [4.78, 5) is 22.9. The van der Waals surface area contributed by atoms with E-state index in [0.29, 0.717) is 35.5 Å². The molecule has 2 fully saturated rings. The number of benzene rings is 1. The predicted molar refractivity (Wildman–Crippen MR) is 107 cm³/mol. The zero-order chi connectivity index (χ0) is 21.6. The molecule has 0 radical (unpaired) electrons. The highest BCUT2D eigenvalue weighted by Crippen LogP contribution is 2.31. The number of nitrogens with one attached hydrogen (secondary N) is 1. The average molecular weight is 428 g/mol. The van der Waals surface area contributed by atoms with Crippen LogP contribution in [-0.2, 0) is 6.18 Å². The number of ether oxygens (including phenoxy) is 1. The smallest absolute Gasteiger partial charge is 0.417 e. The number of carbonyl (C=O) groups is 1. The first kappa shape index (κ1) is 19.7. The highest BCUT2D eigenvalue weighted by atomic mass is 19.4. The quantitative estimate of drug-likeness (QED) is 0.686. The number of amides is 1. The molecule has 9 heteroatoms. The normalized spacial score (nSPS) is 20.8. The van der Waals surface area contributed by atoms with Crippen LogP contribution in [0.5, 0.6) is 11.6 Å². The number of rotatable bonds is 3. The van der Waals surface area contributed by atoms with Crippen LogP contribution in [0.25, 0.3) is 10.9 Å². The van der Waals surface area contributed by atoms with E-state index in [9.17, 15) is 18.0 Å². The fraction of sp³-hybridized carbons (Fsp3) is 0.318. The Labute approximate surface area is 176 Å². The molecule has 1 N–H and O–H groups in total. The van der Waals surface area contributed by atoms with Gasteiger partial charge in [-0.1, -0.05) is 6.07 Å². The molecular weight excluding hydrogens is 409 g/mol. The standard InChI is InChI=1S/C22H19F3N4O2/c23-22(24,25)15-2-6-20(27-11-15)31-16-3-5-17-13(9-16)1-4-18(28-17)21(30)29-8-7-14-10-26-19(14)12-29/h1-6,9,11,14,19,26H,7-8,10,12H2. The lowest BCUT2D eigenvalue weighted by molar-refractivity contribution is -0.137. The highest BCUT2D eigenvalue weighted by Gasteiger charge is 2.37. The third kappa shape index (κ3) is 3.93. The number of pyridine rings is 2. The second kappa shape index (κ2) is 7.49. The lowest BCUT2D eigenvalue weighted by atomic mass is 9.85. The van der Waals surface area contributed by atoms with Crippen molar-refractivity contribution in [2.24, 2.45) is 5.92 Å². The van der Waals surface area contributed by atoms with Gasteiger partial charge in [-0.25, -0.2) is 9.97 Å². The van der Waals surface area contributed by atoms with Crippen molar-refractivity contribution in [3.8, 4) is 11.6 Å². The second-order valence-corrected chi connectivity index (χ2v) is 7.85. The van der Waals surface area contributed by atoms with Crippen molar-refractivity contribution < 1.29 is 22.7 Å².